The molecule has 0 N–H and O–H groups in total. The van der Waals surface area contributed by atoms with Crippen molar-refractivity contribution < 1.29 is 9.31 Å². The Bertz CT molecular complexity index is 470. The number of hydrogen-bond donors (Lipinski definition) is 0. The van der Waals surface area contributed by atoms with Gasteiger partial charge in [0.15, 0.2) is 0 Å². The topological polar surface area (TPSA) is 18.5 Å². The third-order valence-electron chi connectivity index (χ3n) is 3.78. The molecule has 1 aromatic carbocycles. The lowest BCUT2D eigenvalue weighted by molar-refractivity contribution is 0.00578. The molecular weight excluding hydrogens is 223 g/mol. The van der Waals surface area contributed by atoms with E-state index in [-0.39, 0.29) is 18.3 Å². The van der Waals surface area contributed by atoms with Crippen molar-refractivity contribution in [3.05, 3.63) is 29.8 Å². The molecule has 1 saturated heterocycles. The van der Waals surface area contributed by atoms with Crippen LogP contribution < -0.4 is 5.46 Å². The van der Waals surface area contributed by atoms with Gasteiger partial charge in [-0.1, -0.05) is 24.3 Å². The SMILES string of the molecule is C#CCc1cccc(B2OC(C)(C)C(C)(C)O2)c1. The molecule has 0 aliphatic carbocycles. The zero-order valence-electron chi connectivity index (χ0n) is 11.5. The van der Waals surface area contributed by atoms with Crippen LogP contribution in [0.25, 0.3) is 0 Å². The maximum absolute atomic E-state index is 6.01. The minimum atomic E-state index is -0.312. The van der Waals surface area contributed by atoms with Crippen LogP contribution in [0, 0.1) is 12.3 Å². The zero-order chi connectivity index (χ0) is 13.4. The van der Waals surface area contributed by atoms with E-state index in [1.165, 1.54) is 0 Å². The van der Waals surface area contributed by atoms with Gasteiger partial charge in [0.05, 0.1) is 11.2 Å². The van der Waals surface area contributed by atoms with Crippen molar-refractivity contribution in [2.75, 3.05) is 0 Å². The fourth-order valence-corrected chi connectivity index (χ4v) is 1.95. The normalized spacial score (nSPS) is 20.7. The Morgan fingerprint density at radius 2 is 1.78 bits per heavy atom. The summed E-state index contributed by atoms with van der Waals surface area (Å²) in [7, 11) is -0.312. The van der Waals surface area contributed by atoms with Gasteiger partial charge in [0.25, 0.3) is 0 Å². The fourth-order valence-electron chi connectivity index (χ4n) is 1.95. The molecule has 2 rings (SSSR count). The summed E-state index contributed by atoms with van der Waals surface area (Å²) in [5.74, 6) is 2.65. The van der Waals surface area contributed by atoms with Crippen molar-refractivity contribution in [3.8, 4) is 12.3 Å². The highest BCUT2D eigenvalue weighted by atomic mass is 16.7. The molecule has 3 heteroatoms. The third-order valence-corrected chi connectivity index (χ3v) is 3.78. The van der Waals surface area contributed by atoms with E-state index in [9.17, 15) is 0 Å². The Kier molecular flexibility index (Phi) is 3.27. The molecule has 1 aliphatic rings. The van der Waals surface area contributed by atoms with Gasteiger partial charge in [0.2, 0.25) is 0 Å². The first-order valence-corrected chi connectivity index (χ1v) is 6.24. The number of hydrogen-bond acceptors (Lipinski definition) is 2. The summed E-state index contributed by atoms with van der Waals surface area (Å²) in [5.41, 5.74) is 1.53. The molecule has 0 spiro atoms. The van der Waals surface area contributed by atoms with E-state index in [1.807, 2.05) is 18.2 Å². The van der Waals surface area contributed by atoms with Crippen LogP contribution in [0.4, 0.5) is 0 Å². The smallest absolute Gasteiger partial charge is 0.399 e. The van der Waals surface area contributed by atoms with Gasteiger partial charge in [0.1, 0.15) is 0 Å². The van der Waals surface area contributed by atoms with Crippen molar-refractivity contribution in [1.29, 1.82) is 0 Å². The largest absolute Gasteiger partial charge is 0.494 e. The molecule has 94 valence electrons. The van der Waals surface area contributed by atoms with Crippen LogP contribution >= 0.6 is 0 Å². The predicted octanol–water partition coefficient (Wildman–Crippen LogP) is 2.16. The first kappa shape index (κ1) is 13.2. The Labute approximate surface area is 110 Å². The quantitative estimate of drug-likeness (QED) is 0.584. The van der Waals surface area contributed by atoms with Crippen molar-refractivity contribution in [1.82, 2.24) is 0 Å². The molecule has 0 radical (unpaired) electrons. The average molecular weight is 242 g/mol. The van der Waals surface area contributed by atoms with Crippen LogP contribution in [-0.4, -0.2) is 18.3 Å². The van der Waals surface area contributed by atoms with Crippen molar-refractivity contribution in [2.24, 2.45) is 0 Å². The maximum atomic E-state index is 6.01. The Morgan fingerprint density at radius 3 is 2.33 bits per heavy atom. The molecule has 0 aromatic heterocycles. The van der Waals surface area contributed by atoms with E-state index < -0.39 is 0 Å². The van der Waals surface area contributed by atoms with Crippen LogP contribution in [0.15, 0.2) is 24.3 Å². The van der Waals surface area contributed by atoms with Gasteiger partial charge in [-0.2, -0.15) is 0 Å². The second-order valence-corrected chi connectivity index (χ2v) is 5.71. The second kappa shape index (κ2) is 4.46. The summed E-state index contributed by atoms with van der Waals surface area (Å²) in [6.07, 6.45) is 5.97. The molecule has 0 unspecified atom stereocenters. The minimum Gasteiger partial charge on any atom is -0.399 e. The van der Waals surface area contributed by atoms with Crippen LogP contribution in [0.3, 0.4) is 0 Å². The monoisotopic (exact) mass is 242 g/mol. The van der Waals surface area contributed by atoms with Crippen LogP contribution in [0.1, 0.15) is 33.3 Å². The predicted molar refractivity (Wildman–Crippen MR) is 74.7 cm³/mol. The highest BCUT2D eigenvalue weighted by Crippen LogP contribution is 2.36. The van der Waals surface area contributed by atoms with E-state index in [0.717, 1.165) is 11.0 Å². The first-order valence-electron chi connectivity index (χ1n) is 6.24. The van der Waals surface area contributed by atoms with Gasteiger partial charge >= 0.3 is 7.12 Å². The average Bonchev–Trinajstić information content (AvgIpc) is 2.49. The van der Waals surface area contributed by atoms with Crippen LogP contribution in [0.5, 0.6) is 0 Å². The lowest BCUT2D eigenvalue weighted by atomic mass is 9.78. The van der Waals surface area contributed by atoms with E-state index >= 15 is 0 Å². The molecule has 0 atom stereocenters. The lowest BCUT2D eigenvalue weighted by Gasteiger charge is -2.32. The fraction of sp³-hybridized carbons (Fsp3) is 0.467. The summed E-state index contributed by atoms with van der Waals surface area (Å²) >= 11 is 0. The number of benzene rings is 1. The van der Waals surface area contributed by atoms with Gasteiger partial charge in [-0.3, -0.25) is 0 Å². The van der Waals surface area contributed by atoms with E-state index in [4.69, 9.17) is 15.7 Å². The third kappa shape index (κ3) is 2.31. The van der Waals surface area contributed by atoms with Crippen LogP contribution in [-0.2, 0) is 15.7 Å². The summed E-state index contributed by atoms with van der Waals surface area (Å²) < 4.78 is 12.0. The summed E-state index contributed by atoms with van der Waals surface area (Å²) in [6, 6.07) is 8.09. The molecule has 1 aromatic rings. The Hall–Kier alpha value is -1.24. The molecule has 1 aliphatic heterocycles. The summed E-state index contributed by atoms with van der Waals surface area (Å²) in [5, 5.41) is 0. The first-order chi connectivity index (χ1) is 8.36. The van der Waals surface area contributed by atoms with E-state index in [1.54, 1.807) is 0 Å². The highest BCUT2D eigenvalue weighted by molar-refractivity contribution is 6.62. The molecule has 0 amide bonds. The van der Waals surface area contributed by atoms with Gasteiger partial charge in [-0.05, 0) is 38.7 Å². The number of rotatable bonds is 2. The van der Waals surface area contributed by atoms with Gasteiger partial charge in [0, 0.05) is 6.42 Å². The molecule has 0 bridgehead atoms. The van der Waals surface area contributed by atoms with Crippen molar-refractivity contribution >= 4 is 12.6 Å². The molecule has 0 saturated carbocycles. The minimum absolute atomic E-state index is 0.306. The van der Waals surface area contributed by atoms with Crippen molar-refractivity contribution in [2.45, 2.75) is 45.3 Å². The van der Waals surface area contributed by atoms with Crippen molar-refractivity contribution in [3.63, 3.8) is 0 Å². The molecule has 1 fully saturated rings. The van der Waals surface area contributed by atoms with E-state index in [0.29, 0.717) is 6.42 Å². The van der Waals surface area contributed by atoms with Crippen LogP contribution in [0.2, 0.25) is 0 Å². The van der Waals surface area contributed by atoms with Gasteiger partial charge in [-0.25, -0.2) is 0 Å². The molecule has 1 heterocycles. The standard InChI is InChI=1S/C15H19BO2/c1-6-8-12-9-7-10-13(11-12)16-17-14(2,3)15(4,5)18-16/h1,7,9-11H,8H2,2-5H3. The maximum Gasteiger partial charge on any atom is 0.494 e. The number of terminal acetylenes is 1. The molecular formula is C15H19BO2. The second-order valence-electron chi connectivity index (χ2n) is 5.71. The summed E-state index contributed by atoms with van der Waals surface area (Å²) in [6.45, 7) is 8.22. The zero-order valence-corrected chi connectivity index (χ0v) is 11.5. The lowest BCUT2D eigenvalue weighted by Crippen LogP contribution is -2.41. The highest BCUT2D eigenvalue weighted by Gasteiger charge is 2.51. The van der Waals surface area contributed by atoms with E-state index in [2.05, 4.69) is 39.7 Å². The Morgan fingerprint density at radius 1 is 1.17 bits per heavy atom. The van der Waals surface area contributed by atoms with Gasteiger partial charge in [-0.15, -0.1) is 12.3 Å². The van der Waals surface area contributed by atoms with Gasteiger partial charge < -0.3 is 9.31 Å². The summed E-state index contributed by atoms with van der Waals surface area (Å²) in [4.78, 5) is 0. The molecule has 18 heavy (non-hydrogen) atoms. The Balaban J connectivity index is 2.24. The molecule has 2 nitrogen and oxygen atoms in total.